The summed E-state index contributed by atoms with van der Waals surface area (Å²) in [5.74, 6) is 0.884. The van der Waals surface area contributed by atoms with Crippen LogP contribution in [-0.2, 0) is 18.3 Å². The van der Waals surface area contributed by atoms with Gasteiger partial charge in [-0.25, -0.2) is 0 Å². The van der Waals surface area contributed by atoms with E-state index in [-0.39, 0.29) is 11.9 Å². The van der Waals surface area contributed by atoms with Crippen LogP contribution in [0.5, 0.6) is 5.75 Å². The molecule has 0 aliphatic carbocycles. The Balaban J connectivity index is 1.55. The third-order valence-corrected chi connectivity index (χ3v) is 4.58. The molecular formula is C21H24N2O2. The number of benzene rings is 2. The molecule has 4 heteroatoms. The number of carbonyl (C=O) groups is 1. The summed E-state index contributed by atoms with van der Waals surface area (Å²) in [7, 11) is 3.68. The first kappa shape index (κ1) is 17.1. The predicted molar refractivity (Wildman–Crippen MR) is 101 cm³/mol. The first-order chi connectivity index (χ1) is 12.1. The molecule has 0 fully saturated rings. The second-order valence-electron chi connectivity index (χ2n) is 6.38. The zero-order chi connectivity index (χ0) is 17.8. The van der Waals surface area contributed by atoms with Gasteiger partial charge in [-0.1, -0.05) is 18.2 Å². The van der Waals surface area contributed by atoms with Gasteiger partial charge >= 0.3 is 0 Å². The third-order valence-electron chi connectivity index (χ3n) is 4.58. The Morgan fingerprint density at radius 2 is 1.92 bits per heavy atom. The van der Waals surface area contributed by atoms with Crippen LogP contribution in [-0.4, -0.2) is 17.6 Å². The molecule has 1 N–H and O–H groups in total. The average Bonchev–Trinajstić information content (AvgIpc) is 3.00. The lowest BCUT2D eigenvalue weighted by Gasteiger charge is -2.15. The molecule has 0 aliphatic rings. The maximum Gasteiger partial charge on any atom is 0.220 e. The molecule has 0 bridgehead atoms. The van der Waals surface area contributed by atoms with Crippen molar-refractivity contribution in [2.45, 2.75) is 25.8 Å². The Bertz CT molecular complexity index is 865. The molecule has 1 atom stereocenters. The lowest BCUT2D eigenvalue weighted by molar-refractivity contribution is -0.121. The van der Waals surface area contributed by atoms with Crippen LogP contribution >= 0.6 is 0 Å². The van der Waals surface area contributed by atoms with Crippen LogP contribution < -0.4 is 10.1 Å². The molecule has 0 unspecified atom stereocenters. The summed E-state index contributed by atoms with van der Waals surface area (Å²) in [6.45, 7) is 2.00. The second kappa shape index (κ2) is 7.43. The van der Waals surface area contributed by atoms with E-state index in [9.17, 15) is 4.79 Å². The molecule has 1 aromatic heterocycles. The van der Waals surface area contributed by atoms with E-state index in [4.69, 9.17) is 4.74 Å². The number of carbonyl (C=O) groups excluding carboxylic acids is 1. The number of hydrogen-bond donors (Lipinski definition) is 1. The molecular weight excluding hydrogens is 312 g/mol. The normalized spacial score (nSPS) is 12.1. The number of hydrogen-bond acceptors (Lipinski definition) is 2. The zero-order valence-corrected chi connectivity index (χ0v) is 15.0. The Labute approximate surface area is 148 Å². The molecule has 3 rings (SSSR count). The van der Waals surface area contributed by atoms with Crippen molar-refractivity contribution >= 4 is 16.8 Å². The van der Waals surface area contributed by atoms with Gasteiger partial charge in [0.2, 0.25) is 5.91 Å². The van der Waals surface area contributed by atoms with Crippen molar-refractivity contribution in [1.82, 2.24) is 9.88 Å². The lowest BCUT2D eigenvalue weighted by Crippen LogP contribution is -2.26. The highest BCUT2D eigenvalue weighted by Gasteiger charge is 2.10. The SMILES string of the molecule is COc1ccc([C@@H](C)NC(=O)CCc2ccc3c(ccn3C)c2)cc1. The van der Waals surface area contributed by atoms with Gasteiger partial charge in [0.15, 0.2) is 0 Å². The van der Waals surface area contributed by atoms with Crippen LogP contribution in [0.15, 0.2) is 54.7 Å². The fourth-order valence-electron chi connectivity index (χ4n) is 3.03. The van der Waals surface area contributed by atoms with Crippen molar-refractivity contribution in [3.63, 3.8) is 0 Å². The number of nitrogens with zero attached hydrogens (tertiary/aromatic N) is 1. The van der Waals surface area contributed by atoms with E-state index in [0.29, 0.717) is 6.42 Å². The molecule has 4 nitrogen and oxygen atoms in total. The fourth-order valence-corrected chi connectivity index (χ4v) is 3.03. The second-order valence-corrected chi connectivity index (χ2v) is 6.38. The number of amides is 1. The fraction of sp³-hybridized carbons (Fsp3) is 0.286. The molecule has 0 spiro atoms. The summed E-state index contributed by atoms with van der Waals surface area (Å²) >= 11 is 0. The lowest BCUT2D eigenvalue weighted by atomic mass is 10.1. The van der Waals surface area contributed by atoms with Crippen molar-refractivity contribution in [1.29, 1.82) is 0 Å². The highest BCUT2D eigenvalue weighted by molar-refractivity contribution is 5.81. The van der Waals surface area contributed by atoms with E-state index in [1.807, 2.05) is 38.2 Å². The van der Waals surface area contributed by atoms with Gasteiger partial charge in [-0.15, -0.1) is 0 Å². The maximum atomic E-state index is 12.3. The molecule has 0 saturated carbocycles. The van der Waals surface area contributed by atoms with Crippen molar-refractivity contribution < 1.29 is 9.53 Å². The Kier molecular flexibility index (Phi) is 5.08. The monoisotopic (exact) mass is 336 g/mol. The van der Waals surface area contributed by atoms with Crippen LogP contribution in [0.25, 0.3) is 10.9 Å². The zero-order valence-electron chi connectivity index (χ0n) is 15.0. The summed E-state index contributed by atoms with van der Waals surface area (Å²) in [5.41, 5.74) is 3.46. The van der Waals surface area contributed by atoms with Gasteiger partial charge in [0, 0.05) is 25.2 Å². The summed E-state index contributed by atoms with van der Waals surface area (Å²) in [5, 5.41) is 4.28. The van der Waals surface area contributed by atoms with Crippen molar-refractivity contribution in [3.05, 3.63) is 65.9 Å². The summed E-state index contributed by atoms with van der Waals surface area (Å²) in [6.07, 6.45) is 3.28. The Morgan fingerprint density at radius 3 is 2.64 bits per heavy atom. The van der Waals surface area contributed by atoms with Gasteiger partial charge < -0.3 is 14.6 Å². The molecule has 0 saturated heterocycles. The number of ether oxygens (including phenoxy) is 1. The number of rotatable bonds is 6. The molecule has 0 radical (unpaired) electrons. The summed E-state index contributed by atoms with van der Waals surface area (Å²) in [6, 6.07) is 16.2. The minimum atomic E-state index is -0.0185. The third kappa shape index (κ3) is 4.02. The quantitative estimate of drug-likeness (QED) is 0.739. The van der Waals surface area contributed by atoms with E-state index in [0.717, 1.165) is 17.7 Å². The maximum absolute atomic E-state index is 12.3. The standard InChI is InChI=1S/C21H24N2O2/c1-15(17-6-8-19(25-3)9-7-17)22-21(24)11-5-16-4-10-20-18(14-16)12-13-23(20)2/h4,6-10,12-15H,5,11H2,1-3H3,(H,22,24)/t15-/m1/s1. The van der Waals surface area contributed by atoms with Gasteiger partial charge in [-0.2, -0.15) is 0 Å². The van der Waals surface area contributed by atoms with Crippen molar-refractivity contribution in [2.24, 2.45) is 7.05 Å². The summed E-state index contributed by atoms with van der Waals surface area (Å²) < 4.78 is 7.26. The Hall–Kier alpha value is -2.75. The van der Waals surface area contributed by atoms with E-state index >= 15 is 0 Å². The molecule has 2 aromatic carbocycles. The number of fused-ring (bicyclic) bond motifs is 1. The van der Waals surface area contributed by atoms with Crippen LogP contribution in [0, 0.1) is 0 Å². The van der Waals surface area contributed by atoms with Crippen molar-refractivity contribution in [3.8, 4) is 5.75 Å². The molecule has 1 heterocycles. The minimum Gasteiger partial charge on any atom is -0.497 e. The molecule has 3 aromatic rings. The molecule has 0 aliphatic heterocycles. The van der Waals surface area contributed by atoms with Gasteiger partial charge in [-0.05, 0) is 60.2 Å². The van der Waals surface area contributed by atoms with Gasteiger partial charge in [0.1, 0.15) is 5.75 Å². The van der Waals surface area contributed by atoms with Gasteiger partial charge in [0.05, 0.1) is 13.2 Å². The minimum absolute atomic E-state index is 0.0185. The Morgan fingerprint density at radius 1 is 1.16 bits per heavy atom. The number of methoxy groups -OCH3 is 1. The van der Waals surface area contributed by atoms with E-state index < -0.39 is 0 Å². The number of aryl methyl sites for hydroxylation is 2. The van der Waals surface area contributed by atoms with Crippen molar-refractivity contribution in [2.75, 3.05) is 7.11 Å². The van der Waals surface area contributed by atoms with Gasteiger partial charge in [-0.3, -0.25) is 4.79 Å². The first-order valence-electron chi connectivity index (χ1n) is 8.54. The topological polar surface area (TPSA) is 43.3 Å². The molecule has 25 heavy (non-hydrogen) atoms. The van der Waals surface area contributed by atoms with Gasteiger partial charge in [0.25, 0.3) is 0 Å². The molecule has 130 valence electrons. The average molecular weight is 336 g/mol. The predicted octanol–water partition coefficient (Wildman–Crippen LogP) is 4.00. The number of nitrogens with one attached hydrogen (secondary N) is 1. The number of aromatic nitrogens is 1. The smallest absolute Gasteiger partial charge is 0.220 e. The molecule has 1 amide bonds. The highest BCUT2D eigenvalue weighted by Crippen LogP contribution is 2.19. The largest absolute Gasteiger partial charge is 0.497 e. The first-order valence-corrected chi connectivity index (χ1v) is 8.54. The van der Waals surface area contributed by atoms with Crippen LogP contribution in [0.3, 0.4) is 0 Å². The van der Waals surface area contributed by atoms with Crippen LogP contribution in [0.1, 0.15) is 30.5 Å². The highest BCUT2D eigenvalue weighted by atomic mass is 16.5. The van der Waals surface area contributed by atoms with Crippen LogP contribution in [0.2, 0.25) is 0 Å². The van der Waals surface area contributed by atoms with Crippen LogP contribution in [0.4, 0.5) is 0 Å². The van der Waals surface area contributed by atoms with E-state index in [1.165, 1.54) is 16.5 Å². The van der Waals surface area contributed by atoms with E-state index in [2.05, 4.69) is 40.3 Å². The van der Waals surface area contributed by atoms with E-state index in [1.54, 1.807) is 7.11 Å². The summed E-state index contributed by atoms with van der Waals surface area (Å²) in [4.78, 5) is 12.3.